The molecule has 1 aliphatic heterocycles. The van der Waals surface area contributed by atoms with Crippen molar-refractivity contribution in [1.29, 1.82) is 0 Å². The molecule has 2 amide bonds. The summed E-state index contributed by atoms with van der Waals surface area (Å²) in [5.74, 6) is -0.837. The van der Waals surface area contributed by atoms with E-state index in [1.165, 1.54) is 0 Å². The number of rotatable bonds is 3. The van der Waals surface area contributed by atoms with Crippen LogP contribution in [0.3, 0.4) is 0 Å². The first kappa shape index (κ1) is 16.0. The van der Waals surface area contributed by atoms with E-state index >= 15 is 0 Å². The molecule has 1 aliphatic carbocycles. The summed E-state index contributed by atoms with van der Waals surface area (Å²) in [6, 6.07) is 9.57. The monoisotopic (exact) mass is 341 g/mol. The second kappa shape index (κ2) is 6.10. The summed E-state index contributed by atoms with van der Waals surface area (Å²) in [4.78, 5) is 30.9. The standard InChI is InChI=1S/C19H20FN3O2/c1-11-8-12-4-2-3-5-16(12)22-17(11)19(25)23-7-6-13(10-23)21-18(24)14-9-15(14)20/h2-5,8,13-15H,6-7,9-10H2,1H3,(H,21,24)/t13-,14?,15?/m1/s1. The Balaban J connectivity index is 1.46. The number of hydrogen-bond acceptors (Lipinski definition) is 3. The van der Waals surface area contributed by atoms with Crippen LogP contribution in [0.5, 0.6) is 0 Å². The molecule has 4 rings (SSSR count). The highest BCUT2D eigenvalue weighted by atomic mass is 19.1. The van der Waals surface area contributed by atoms with E-state index in [0.717, 1.165) is 16.5 Å². The Bertz CT molecular complexity index is 854. The van der Waals surface area contributed by atoms with Crippen molar-refractivity contribution < 1.29 is 14.0 Å². The van der Waals surface area contributed by atoms with Crippen LogP contribution in [0.1, 0.15) is 28.9 Å². The lowest BCUT2D eigenvalue weighted by Crippen LogP contribution is -2.39. The van der Waals surface area contributed by atoms with Crippen LogP contribution in [0.4, 0.5) is 4.39 Å². The smallest absolute Gasteiger partial charge is 0.272 e. The minimum Gasteiger partial charge on any atom is -0.351 e. The lowest BCUT2D eigenvalue weighted by molar-refractivity contribution is -0.123. The van der Waals surface area contributed by atoms with Crippen molar-refractivity contribution in [2.24, 2.45) is 5.92 Å². The van der Waals surface area contributed by atoms with Crippen molar-refractivity contribution in [3.63, 3.8) is 0 Å². The van der Waals surface area contributed by atoms with Crippen LogP contribution in [-0.2, 0) is 4.79 Å². The van der Waals surface area contributed by atoms with Crippen LogP contribution >= 0.6 is 0 Å². The van der Waals surface area contributed by atoms with E-state index in [0.29, 0.717) is 31.6 Å². The Labute approximate surface area is 145 Å². The van der Waals surface area contributed by atoms with Crippen LogP contribution in [0.15, 0.2) is 30.3 Å². The second-order valence-electron chi connectivity index (χ2n) is 6.95. The van der Waals surface area contributed by atoms with E-state index in [1.807, 2.05) is 37.3 Å². The predicted molar refractivity (Wildman–Crippen MR) is 91.9 cm³/mol. The van der Waals surface area contributed by atoms with Crippen molar-refractivity contribution in [3.05, 3.63) is 41.6 Å². The Kier molecular flexibility index (Phi) is 3.90. The van der Waals surface area contributed by atoms with Crippen LogP contribution in [0, 0.1) is 12.8 Å². The largest absolute Gasteiger partial charge is 0.351 e. The maximum absolute atomic E-state index is 13.0. The van der Waals surface area contributed by atoms with Gasteiger partial charge in [0.1, 0.15) is 11.9 Å². The first-order chi connectivity index (χ1) is 12.0. The lowest BCUT2D eigenvalue weighted by atomic mass is 10.1. The number of hydrogen-bond donors (Lipinski definition) is 1. The number of amides is 2. The number of likely N-dealkylation sites (tertiary alicyclic amines) is 1. The zero-order chi connectivity index (χ0) is 17.6. The number of para-hydroxylation sites is 1. The normalized spacial score (nSPS) is 25.2. The van der Waals surface area contributed by atoms with Crippen molar-refractivity contribution in [3.8, 4) is 0 Å². The Hall–Kier alpha value is -2.50. The molecule has 2 aromatic rings. The van der Waals surface area contributed by atoms with E-state index < -0.39 is 12.1 Å². The number of fused-ring (bicyclic) bond motifs is 1. The molecule has 6 heteroatoms. The highest BCUT2D eigenvalue weighted by Gasteiger charge is 2.44. The number of nitrogens with zero attached hydrogens (tertiary/aromatic N) is 2. The number of aromatic nitrogens is 1. The Morgan fingerprint density at radius 2 is 2.08 bits per heavy atom. The molecule has 5 nitrogen and oxygen atoms in total. The minimum absolute atomic E-state index is 0.106. The third-order valence-corrected chi connectivity index (χ3v) is 4.99. The average Bonchev–Trinajstić information content (AvgIpc) is 3.15. The quantitative estimate of drug-likeness (QED) is 0.931. The maximum Gasteiger partial charge on any atom is 0.272 e. The summed E-state index contributed by atoms with van der Waals surface area (Å²) < 4.78 is 13.0. The molecule has 2 fully saturated rings. The van der Waals surface area contributed by atoms with E-state index in [9.17, 15) is 14.0 Å². The molecule has 1 saturated carbocycles. The Morgan fingerprint density at radius 1 is 1.32 bits per heavy atom. The van der Waals surface area contributed by atoms with Crippen LogP contribution in [-0.4, -0.2) is 47.0 Å². The molecular weight excluding hydrogens is 321 g/mol. The first-order valence-electron chi connectivity index (χ1n) is 8.63. The zero-order valence-corrected chi connectivity index (χ0v) is 14.0. The van der Waals surface area contributed by atoms with Gasteiger partial charge < -0.3 is 10.2 Å². The SMILES string of the molecule is Cc1cc2ccccc2nc1C(=O)N1CC[C@@H](NC(=O)C2CC2F)C1. The molecule has 2 heterocycles. The molecule has 2 aliphatic rings. The molecule has 1 saturated heterocycles. The van der Waals surface area contributed by atoms with E-state index in [1.54, 1.807) is 4.90 Å². The van der Waals surface area contributed by atoms with E-state index in [-0.39, 0.29) is 17.9 Å². The van der Waals surface area contributed by atoms with Crippen LogP contribution in [0.25, 0.3) is 10.9 Å². The van der Waals surface area contributed by atoms with Gasteiger partial charge in [-0.25, -0.2) is 9.37 Å². The molecule has 2 unspecified atom stereocenters. The van der Waals surface area contributed by atoms with Gasteiger partial charge in [0.2, 0.25) is 5.91 Å². The zero-order valence-electron chi connectivity index (χ0n) is 14.0. The van der Waals surface area contributed by atoms with Gasteiger partial charge in [0.15, 0.2) is 0 Å². The van der Waals surface area contributed by atoms with Gasteiger partial charge in [0.25, 0.3) is 5.91 Å². The number of carbonyl (C=O) groups excluding carboxylic acids is 2. The van der Waals surface area contributed by atoms with Gasteiger partial charge >= 0.3 is 0 Å². The molecule has 1 aromatic carbocycles. The summed E-state index contributed by atoms with van der Waals surface area (Å²) in [6.45, 7) is 2.90. The number of pyridine rings is 1. The third-order valence-electron chi connectivity index (χ3n) is 4.99. The predicted octanol–water partition coefficient (Wildman–Crippen LogP) is 2.23. The highest BCUT2D eigenvalue weighted by molar-refractivity contribution is 5.96. The number of alkyl halides is 1. The van der Waals surface area contributed by atoms with Gasteiger partial charge in [-0.2, -0.15) is 0 Å². The van der Waals surface area contributed by atoms with Crippen molar-refractivity contribution in [2.45, 2.75) is 32.0 Å². The molecule has 0 bridgehead atoms. The van der Waals surface area contributed by atoms with Crippen LogP contribution < -0.4 is 5.32 Å². The summed E-state index contributed by atoms with van der Waals surface area (Å²) in [5.41, 5.74) is 2.09. The fourth-order valence-corrected chi connectivity index (χ4v) is 3.39. The minimum atomic E-state index is -0.997. The molecular formula is C19H20FN3O2. The number of carbonyl (C=O) groups is 2. The topological polar surface area (TPSA) is 62.3 Å². The van der Waals surface area contributed by atoms with Gasteiger partial charge in [-0.3, -0.25) is 9.59 Å². The highest BCUT2D eigenvalue weighted by Crippen LogP contribution is 2.34. The summed E-state index contributed by atoms with van der Waals surface area (Å²) in [5, 5.41) is 3.87. The van der Waals surface area contributed by atoms with Crippen molar-refractivity contribution >= 4 is 22.7 Å². The summed E-state index contributed by atoms with van der Waals surface area (Å²) >= 11 is 0. The van der Waals surface area contributed by atoms with Crippen LogP contribution in [0.2, 0.25) is 0 Å². The summed E-state index contributed by atoms with van der Waals surface area (Å²) in [6.07, 6.45) is 0.0124. The third kappa shape index (κ3) is 3.08. The first-order valence-corrected chi connectivity index (χ1v) is 8.63. The number of aryl methyl sites for hydroxylation is 1. The number of benzene rings is 1. The molecule has 1 N–H and O–H groups in total. The molecule has 1 aromatic heterocycles. The van der Waals surface area contributed by atoms with Gasteiger partial charge in [-0.1, -0.05) is 18.2 Å². The Morgan fingerprint density at radius 3 is 2.84 bits per heavy atom. The van der Waals surface area contributed by atoms with Gasteiger partial charge in [0, 0.05) is 24.5 Å². The van der Waals surface area contributed by atoms with E-state index in [2.05, 4.69) is 10.3 Å². The van der Waals surface area contributed by atoms with E-state index in [4.69, 9.17) is 0 Å². The maximum atomic E-state index is 13.0. The average molecular weight is 341 g/mol. The van der Waals surface area contributed by atoms with Gasteiger partial charge in [-0.15, -0.1) is 0 Å². The lowest BCUT2D eigenvalue weighted by Gasteiger charge is -2.18. The fraction of sp³-hybridized carbons (Fsp3) is 0.421. The molecule has 3 atom stereocenters. The second-order valence-corrected chi connectivity index (χ2v) is 6.95. The fourth-order valence-electron chi connectivity index (χ4n) is 3.39. The van der Waals surface area contributed by atoms with Gasteiger partial charge in [-0.05, 0) is 37.5 Å². The molecule has 25 heavy (non-hydrogen) atoms. The van der Waals surface area contributed by atoms with Gasteiger partial charge in [0.05, 0.1) is 11.4 Å². The van der Waals surface area contributed by atoms with Crippen molar-refractivity contribution in [2.75, 3.05) is 13.1 Å². The summed E-state index contributed by atoms with van der Waals surface area (Å²) in [7, 11) is 0. The molecule has 0 spiro atoms. The molecule has 0 radical (unpaired) electrons. The number of halogens is 1. The molecule has 130 valence electrons. The van der Waals surface area contributed by atoms with Crippen molar-refractivity contribution in [1.82, 2.24) is 15.2 Å². The number of nitrogens with one attached hydrogen (secondary N) is 1.